The van der Waals surface area contributed by atoms with Gasteiger partial charge in [0.25, 0.3) is 0 Å². The van der Waals surface area contributed by atoms with Gasteiger partial charge >= 0.3 is 0 Å². The van der Waals surface area contributed by atoms with Crippen LogP contribution in [0.4, 0.5) is 0 Å². The van der Waals surface area contributed by atoms with Crippen LogP contribution in [-0.4, -0.2) is 47.2 Å². The Hall–Kier alpha value is -3.18. The first-order valence-corrected chi connectivity index (χ1v) is 10.3. The second-order valence-electron chi connectivity index (χ2n) is 7.84. The Labute approximate surface area is 177 Å². The van der Waals surface area contributed by atoms with Crippen LogP contribution in [-0.2, 0) is 12.8 Å². The van der Waals surface area contributed by atoms with Gasteiger partial charge in [-0.25, -0.2) is 9.50 Å². The van der Waals surface area contributed by atoms with Crippen LogP contribution in [0.25, 0.3) is 16.9 Å². The molecule has 5 nitrogen and oxygen atoms in total. The van der Waals surface area contributed by atoms with Gasteiger partial charge in [0.1, 0.15) is 5.75 Å². The summed E-state index contributed by atoms with van der Waals surface area (Å²) in [7, 11) is 5.91. The summed E-state index contributed by atoms with van der Waals surface area (Å²) in [6.45, 7) is 1.11. The van der Waals surface area contributed by atoms with Crippen molar-refractivity contribution >= 4 is 5.65 Å². The average Bonchev–Trinajstić information content (AvgIpc) is 3.17. The van der Waals surface area contributed by atoms with Crippen molar-refractivity contribution in [3.63, 3.8) is 0 Å². The summed E-state index contributed by atoms with van der Waals surface area (Å²) in [5, 5.41) is 4.79. The molecular weight excluding hydrogens is 372 g/mol. The van der Waals surface area contributed by atoms with Crippen LogP contribution in [0.3, 0.4) is 0 Å². The molecule has 0 N–H and O–H groups in total. The van der Waals surface area contributed by atoms with Gasteiger partial charge in [-0.1, -0.05) is 30.3 Å². The van der Waals surface area contributed by atoms with E-state index in [-0.39, 0.29) is 0 Å². The van der Waals surface area contributed by atoms with Gasteiger partial charge < -0.3 is 9.64 Å². The van der Waals surface area contributed by atoms with Crippen molar-refractivity contribution in [1.29, 1.82) is 0 Å². The normalized spacial score (nSPS) is 11.3. The summed E-state index contributed by atoms with van der Waals surface area (Å²) in [5.41, 5.74) is 5.57. The number of fused-ring (bicyclic) bond motifs is 1. The van der Waals surface area contributed by atoms with E-state index in [0.29, 0.717) is 0 Å². The maximum Gasteiger partial charge on any atom is 0.156 e. The van der Waals surface area contributed by atoms with Crippen molar-refractivity contribution in [2.45, 2.75) is 19.3 Å². The molecule has 2 heterocycles. The lowest BCUT2D eigenvalue weighted by atomic mass is 10.1. The topological polar surface area (TPSA) is 42.7 Å². The predicted octanol–water partition coefficient (Wildman–Crippen LogP) is 4.49. The Bertz CT molecular complexity index is 1100. The Balaban J connectivity index is 1.51. The number of benzene rings is 2. The zero-order valence-electron chi connectivity index (χ0n) is 17.9. The molecule has 0 saturated heterocycles. The van der Waals surface area contributed by atoms with Crippen molar-refractivity contribution in [1.82, 2.24) is 19.5 Å². The van der Waals surface area contributed by atoms with Crippen molar-refractivity contribution < 1.29 is 4.74 Å². The summed E-state index contributed by atoms with van der Waals surface area (Å²) >= 11 is 0. The first-order valence-electron chi connectivity index (χ1n) is 10.3. The lowest BCUT2D eigenvalue weighted by Gasteiger charge is -2.09. The van der Waals surface area contributed by atoms with E-state index in [1.165, 1.54) is 17.5 Å². The van der Waals surface area contributed by atoms with Crippen molar-refractivity contribution in [3.8, 4) is 17.0 Å². The summed E-state index contributed by atoms with van der Waals surface area (Å²) < 4.78 is 7.19. The van der Waals surface area contributed by atoms with Gasteiger partial charge in [0, 0.05) is 12.0 Å². The monoisotopic (exact) mass is 400 g/mol. The third-order valence-corrected chi connectivity index (χ3v) is 5.25. The van der Waals surface area contributed by atoms with Crippen LogP contribution in [0.15, 0.2) is 66.7 Å². The Morgan fingerprint density at radius 2 is 1.63 bits per heavy atom. The van der Waals surface area contributed by atoms with Gasteiger partial charge in [-0.15, -0.1) is 0 Å². The van der Waals surface area contributed by atoms with Gasteiger partial charge in [0.2, 0.25) is 0 Å². The van der Waals surface area contributed by atoms with E-state index in [9.17, 15) is 0 Å². The van der Waals surface area contributed by atoms with E-state index >= 15 is 0 Å². The summed E-state index contributed by atoms with van der Waals surface area (Å²) in [4.78, 5) is 6.97. The lowest BCUT2D eigenvalue weighted by Crippen LogP contribution is -2.13. The van der Waals surface area contributed by atoms with E-state index in [4.69, 9.17) is 14.8 Å². The van der Waals surface area contributed by atoms with E-state index in [1.807, 2.05) is 40.9 Å². The SMILES string of the molecule is COc1ccc(-c2cccc3nc(Cc4ccc(CCCN(C)C)cc4)nn23)cc1. The molecule has 0 aliphatic rings. The minimum Gasteiger partial charge on any atom is -0.497 e. The van der Waals surface area contributed by atoms with Crippen molar-refractivity contribution in [2.75, 3.05) is 27.7 Å². The number of aromatic nitrogens is 3. The molecule has 5 heteroatoms. The van der Waals surface area contributed by atoms with E-state index in [2.05, 4.69) is 49.3 Å². The van der Waals surface area contributed by atoms with Gasteiger partial charge in [0.15, 0.2) is 11.5 Å². The summed E-state index contributed by atoms with van der Waals surface area (Å²) in [5.74, 6) is 1.67. The molecule has 0 radical (unpaired) electrons. The number of aryl methyl sites for hydroxylation is 1. The number of rotatable bonds is 8. The van der Waals surface area contributed by atoms with E-state index in [0.717, 1.165) is 47.9 Å². The quantitative estimate of drug-likeness (QED) is 0.437. The minimum atomic E-state index is 0.724. The largest absolute Gasteiger partial charge is 0.497 e. The molecule has 30 heavy (non-hydrogen) atoms. The van der Waals surface area contributed by atoms with Crippen LogP contribution in [0, 0.1) is 0 Å². The fourth-order valence-corrected chi connectivity index (χ4v) is 3.61. The number of nitrogens with zero attached hydrogens (tertiary/aromatic N) is 4. The molecule has 2 aromatic heterocycles. The highest BCUT2D eigenvalue weighted by Crippen LogP contribution is 2.23. The number of ether oxygens (including phenoxy) is 1. The van der Waals surface area contributed by atoms with Gasteiger partial charge in [-0.3, -0.25) is 0 Å². The Morgan fingerprint density at radius 3 is 2.33 bits per heavy atom. The molecule has 0 spiro atoms. The van der Waals surface area contributed by atoms with Crippen molar-refractivity contribution in [3.05, 3.63) is 83.7 Å². The highest BCUT2D eigenvalue weighted by Gasteiger charge is 2.10. The standard InChI is InChI=1S/C25H28N4O/c1-28(2)17-5-6-19-9-11-20(12-10-19)18-24-26-25-8-4-7-23(29(25)27-24)21-13-15-22(30-3)16-14-21/h4,7-16H,5-6,17-18H2,1-3H3. The molecule has 4 aromatic rings. The fraction of sp³-hybridized carbons (Fsp3) is 0.280. The van der Waals surface area contributed by atoms with Crippen molar-refractivity contribution in [2.24, 2.45) is 0 Å². The molecule has 0 aliphatic carbocycles. The van der Waals surface area contributed by atoms with Gasteiger partial charge in [-0.2, -0.15) is 5.10 Å². The molecule has 0 bridgehead atoms. The molecule has 2 aromatic carbocycles. The first kappa shape index (κ1) is 20.1. The Morgan fingerprint density at radius 1 is 0.900 bits per heavy atom. The van der Waals surface area contributed by atoms with Gasteiger partial charge in [0.05, 0.1) is 12.8 Å². The average molecular weight is 401 g/mol. The number of hydrogen-bond donors (Lipinski definition) is 0. The number of hydrogen-bond acceptors (Lipinski definition) is 4. The van der Waals surface area contributed by atoms with Crippen LogP contribution < -0.4 is 4.74 Å². The minimum absolute atomic E-state index is 0.724. The summed E-state index contributed by atoms with van der Waals surface area (Å²) in [6.07, 6.45) is 3.01. The molecule has 0 saturated carbocycles. The van der Waals surface area contributed by atoms with Crippen LogP contribution in [0.1, 0.15) is 23.4 Å². The molecule has 0 atom stereocenters. The Kier molecular flexibility index (Phi) is 6.10. The maximum absolute atomic E-state index is 5.27. The number of pyridine rings is 1. The second-order valence-corrected chi connectivity index (χ2v) is 7.84. The molecule has 0 fully saturated rings. The molecule has 4 rings (SSSR count). The molecule has 154 valence electrons. The summed E-state index contributed by atoms with van der Waals surface area (Å²) in [6, 6.07) is 22.9. The van der Waals surface area contributed by atoms with E-state index in [1.54, 1.807) is 7.11 Å². The zero-order chi connectivity index (χ0) is 20.9. The number of methoxy groups -OCH3 is 1. The molecular formula is C25H28N4O. The van der Waals surface area contributed by atoms with Crippen LogP contribution in [0.2, 0.25) is 0 Å². The van der Waals surface area contributed by atoms with Crippen LogP contribution >= 0.6 is 0 Å². The molecule has 0 unspecified atom stereocenters. The predicted molar refractivity (Wildman–Crippen MR) is 121 cm³/mol. The highest BCUT2D eigenvalue weighted by molar-refractivity contribution is 5.63. The first-order chi connectivity index (χ1) is 14.6. The second kappa shape index (κ2) is 9.09. The smallest absolute Gasteiger partial charge is 0.156 e. The van der Waals surface area contributed by atoms with E-state index < -0.39 is 0 Å². The molecule has 0 aliphatic heterocycles. The lowest BCUT2D eigenvalue weighted by molar-refractivity contribution is 0.400. The third-order valence-electron chi connectivity index (χ3n) is 5.25. The molecule has 0 amide bonds. The zero-order valence-corrected chi connectivity index (χ0v) is 17.9. The maximum atomic E-state index is 5.27. The fourth-order valence-electron chi connectivity index (χ4n) is 3.61. The van der Waals surface area contributed by atoms with Crippen LogP contribution in [0.5, 0.6) is 5.75 Å². The third kappa shape index (κ3) is 4.69. The highest BCUT2D eigenvalue weighted by atomic mass is 16.5. The van der Waals surface area contributed by atoms with Gasteiger partial charge in [-0.05, 0) is 81.0 Å².